The van der Waals surface area contributed by atoms with E-state index in [9.17, 15) is 9.90 Å². The van der Waals surface area contributed by atoms with Gasteiger partial charge in [0.15, 0.2) is 6.29 Å². The van der Waals surface area contributed by atoms with Crippen molar-refractivity contribution in [3.63, 3.8) is 0 Å². The summed E-state index contributed by atoms with van der Waals surface area (Å²) in [7, 11) is 0. The standard InChI is InChI=1S/C9H14O6/c1-2-3-15-9(7(13)5-11)8(14)6(12)4-10/h1,5-10,12-14H,3-4H2/t6-,7+,8-,9-/m1/s1. The Morgan fingerprint density at radius 3 is 2.40 bits per heavy atom. The highest BCUT2D eigenvalue weighted by atomic mass is 16.5. The van der Waals surface area contributed by atoms with E-state index in [1.165, 1.54) is 0 Å². The zero-order chi connectivity index (χ0) is 11.8. The van der Waals surface area contributed by atoms with E-state index < -0.39 is 31.0 Å². The van der Waals surface area contributed by atoms with Crippen LogP contribution in [0, 0.1) is 12.3 Å². The van der Waals surface area contributed by atoms with Crippen LogP contribution in [-0.2, 0) is 9.53 Å². The monoisotopic (exact) mass is 218 g/mol. The first-order valence-corrected chi connectivity index (χ1v) is 4.23. The van der Waals surface area contributed by atoms with Crippen LogP contribution in [0.3, 0.4) is 0 Å². The molecular formula is C9H14O6. The maximum absolute atomic E-state index is 10.3. The summed E-state index contributed by atoms with van der Waals surface area (Å²) >= 11 is 0. The van der Waals surface area contributed by atoms with Crippen LogP contribution in [0.4, 0.5) is 0 Å². The largest absolute Gasteiger partial charge is 0.394 e. The Labute approximate surface area is 87.1 Å². The van der Waals surface area contributed by atoms with Crippen molar-refractivity contribution < 1.29 is 30.0 Å². The molecule has 15 heavy (non-hydrogen) atoms. The molecule has 0 radical (unpaired) electrons. The van der Waals surface area contributed by atoms with E-state index in [-0.39, 0.29) is 12.9 Å². The van der Waals surface area contributed by atoms with Gasteiger partial charge in [-0.2, -0.15) is 0 Å². The summed E-state index contributed by atoms with van der Waals surface area (Å²) in [6.07, 6.45) is -1.05. The lowest BCUT2D eigenvalue weighted by atomic mass is 10.0. The van der Waals surface area contributed by atoms with E-state index in [2.05, 4.69) is 5.92 Å². The van der Waals surface area contributed by atoms with Crippen molar-refractivity contribution in [2.75, 3.05) is 13.2 Å². The first-order chi connectivity index (χ1) is 7.08. The second-order valence-electron chi connectivity index (χ2n) is 2.85. The van der Waals surface area contributed by atoms with Crippen molar-refractivity contribution >= 4 is 6.29 Å². The van der Waals surface area contributed by atoms with Crippen molar-refractivity contribution in [1.29, 1.82) is 0 Å². The predicted molar refractivity (Wildman–Crippen MR) is 49.7 cm³/mol. The average Bonchev–Trinajstić information content (AvgIpc) is 2.27. The van der Waals surface area contributed by atoms with Crippen LogP contribution in [0.5, 0.6) is 0 Å². The summed E-state index contributed by atoms with van der Waals surface area (Å²) in [5, 5.41) is 36.2. The molecule has 0 saturated carbocycles. The Hall–Kier alpha value is -0.970. The second-order valence-corrected chi connectivity index (χ2v) is 2.85. The van der Waals surface area contributed by atoms with E-state index in [4.69, 9.17) is 26.5 Å². The third-order valence-electron chi connectivity index (χ3n) is 1.75. The van der Waals surface area contributed by atoms with Gasteiger partial charge in [-0.3, -0.25) is 0 Å². The molecule has 0 aliphatic rings. The minimum absolute atomic E-state index is 0.147. The number of hydrogen-bond donors (Lipinski definition) is 4. The summed E-state index contributed by atoms with van der Waals surface area (Å²) in [5.74, 6) is 2.08. The summed E-state index contributed by atoms with van der Waals surface area (Å²) < 4.78 is 4.79. The number of aldehydes is 1. The summed E-state index contributed by atoms with van der Waals surface area (Å²) in [6, 6.07) is 0. The number of carbonyl (C=O) groups excluding carboxylic acids is 1. The summed E-state index contributed by atoms with van der Waals surface area (Å²) in [6.45, 7) is -0.951. The zero-order valence-electron chi connectivity index (χ0n) is 7.98. The van der Waals surface area contributed by atoms with E-state index in [1.54, 1.807) is 0 Å². The maximum Gasteiger partial charge on any atom is 0.151 e. The number of aliphatic hydroxyl groups excluding tert-OH is 4. The third kappa shape index (κ3) is 4.38. The normalized spacial score (nSPS) is 18.6. The Morgan fingerprint density at radius 1 is 1.40 bits per heavy atom. The van der Waals surface area contributed by atoms with Crippen molar-refractivity contribution in [3.05, 3.63) is 0 Å². The first-order valence-electron chi connectivity index (χ1n) is 4.23. The molecule has 0 heterocycles. The fourth-order valence-corrected chi connectivity index (χ4v) is 0.948. The fraction of sp³-hybridized carbons (Fsp3) is 0.667. The number of ether oxygens (including phenoxy) is 1. The number of terminal acetylenes is 1. The van der Waals surface area contributed by atoms with Gasteiger partial charge in [0.1, 0.15) is 31.0 Å². The molecule has 0 amide bonds. The minimum Gasteiger partial charge on any atom is -0.394 e. The van der Waals surface area contributed by atoms with Crippen LogP contribution in [0.1, 0.15) is 0 Å². The quantitative estimate of drug-likeness (QED) is 0.273. The fourth-order valence-electron chi connectivity index (χ4n) is 0.948. The first kappa shape index (κ1) is 14.0. The molecule has 0 unspecified atom stereocenters. The van der Waals surface area contributed by atoms with Gasteiger partial charge in [-0.25, -0.2) is 0 Å². The number of carbonyl (C=O) groups is 1. The van der Waals surface area contributed by atoms with Crippen LogP contribution in [0.25, 0.3) is 0 Å². The van der Waals surface area contributed by atoms with Gasteiger partial charge in [0.2, 0.25) is 0 Å². The van der Waals surface area contributed by atoms with E-state index in [0.29, 0.717) is 0 Å². The van der Waals surface area contributed by atoms with E-state index in [0.717, 1.165) is 0 Å². The highest BCUT2D eigenvalue weighted by Crippen LogP contribution is 2.08. The number of aliphatic hydroxyl groups is 4. The van der Waals surface area contributed by atoms with Gasteiger partial charge in [0, 0.05) is 0 Å². The Morgan fingerprint density at radius 2 is 2.00 bits per heavy atom. The van der Waals surface area contributed by atoms with Gasteiger partial charge in [0.25, 0.3) is 0 Å². The smallest absolute Gasteiger partial charge is 0.151 e. The van der Waals surface area contributed by atoms with Crippen LogP contribution < -0.4 is 0 Å². The molecule has 0 aromatic heterocycles. The minimum atomic E-state index is -1.62. The molecule has 0 aliphatic heterocycles. The lowest BCUT2D eigenvalue weighted by Crippen LogP contribution is -2.48. The van der Waals surface area contributed by atoms with Crippen molar-refractivity contribution in [3.8, 4) is 12.3 Å². The molecule has 0 rings (SSSR count). The van der Waals surface area contributed by atoms with Crippen LogP contribution >= 0.6 is 0 Å². The van der Waals surface area contributed by atoms with Crippen molar-refractivity contribution in [2.24, 2.45) is 0 Å². The molecule has 0 aromatic carbocycles. The molecule has 6 heteroatoms. The van der Waals surface area contributed by atoms with Gasteiger partial charge in [-0.05, 0) is 0 Å². The van der Waals surface area contributed by atoms with Gasteiger partial charge in [0.05, 0.1) is 6.61 Å². The summed E-state index contributed by atoms with van der Waals surface area (Å²) in [4.78, 5) is 10.3. The zero-order valence-corrected chi connectivity index (χ0v) is 7.98. The van der Waals surface area contributed by atoms with E-state index >= 15 is 0 Å². The molecule has 86 valence electrons. The molecule has 4 atom stereocenters. The Balaban J connectivity index is 4.47. The lowest BCUT2D eigenvalue weighted by Gasteiger charge is -2.26. The molecule has 6 nitrogen and oxygen atoms in total. The highest BCUT2D eigenvalue weighted by Gasteiger charge is 2.32. The number of rotatable bonds is 7. The molecular weight excluding hydrogens is 204 g/mol. The van der Waals surface area contributed by atoms with Crippen LogP contribution in [-0.4, -0.2) is 64.3 Å². The predicted octanol–water partition coefficient (Wildman–Crippen LogP) is -2.72. The number of hydrogen-bond acceptors (Lipinski definition) is 6. The van der Waals surface area contributed by atoms with Crippen LogP contribution in [0.2, 0.25) is 0 Å². The molecule has 4 N–H and O–H groups in total. The van der Waals surface area contributed by atoms with Crippen molar-refractivity contribution in [2.45, 2.75) is 24.4 Å². The Kier molecular flexibility index (Phi) is 6.86. The van der Waals surface area contributed by atoms with Gasteiger partial charge in [-0.15, -0.1) is 6.42 Å². The topological polar surface area (TPSA) is 107 Å². The Bertz CT molecular complexity index is 223. The molecule has 0 aliphatic carbocycles. The second kappa shape index (κ2) is 7.34. The summed E-state index contributed by atoms with van der Waals surface area (Å²) in [5.41, 5.74) is 0. The van der Waals surface area contributed by atoms with E-state index in [1.807, 2.05) is 0 Å². The van der Waals surface area contributed by atoms with Crippen molar-refractivity contribution in [1.82, 2.24) is 0 Å². The lowest BCUT2D eigenvalue weighted by molar-refractivity contribution is -0.146. The molecule has 0 spiro atoms. The molecule has 0 bridgehead atoms. The van der Waals surface area contributed by atoms with Crippen LogP contribution in [0.15, 0.2) is 0 Å². The molecule has 0 saturated heterocycles. The third-order valence-corrected chi connectivity index (χ3v) is 1.75. The van der Waals surface area contributed by atoms with Gasteiger partial charge >= 0.3 is 0 Å². The van der Waals surface area contributed by atoms with Gasteiger partial charge in [-0.1, -0.05) is 5.92 Å². The molecule has 0 fully saturated rings. The SMILES string of the molecule is C#CCO[C@@H]([C@H](O)[C@H](O)CO)[C@@H](O)C=O. The van der Waals surface area contributed by atoms with Gasteiger partial charge < -0.3 is 30.0 Å². The molecule has 0 aromatic rings. The maximum atomic E-state index is 10.3. The average molecular weight is 218 g/mol. The highest BCUT2D eigenvalue weighted by molar-refractivity contribution is 5.56.